The first kappa shape index (κ1) is 24.2. The Kier molecular flexibility index (Phi) is 9.46. The summed E-state index contributed by atoms with van der Waals surface area (Å²) < 4.78 is 11.0. The van der Waals surface area contributed by atoms with Gasteiger partial charge in [0.25, 0.3) is 0 Å². The van der Waals surface area contributed by atoms with E-state index in [0.717, 1.165) is 89.0 Å². The summed E-state index contributed by atoms with van der Waals surface area (Å²) in [5.74, 6) is 2.80. The molecular weight excluding hydrogens is 406 g/mol. The minimum absolute atomic E-state index is 0.282. The molecule has 0 aliphatic carbocycles. The van der Waals surface area contributed by atoms with Gasteiger partial charge in [-0.2, -0.15) is 0 Å². The molecule has 0 spiro atoms. The number of nitrogens with one attached hydrogen (secondary N) is 1. The molecule has 8 nitrogen and oxygen atoms in total. The van der Waals surface area contributed by atoms with E-state index in [2.05, 4.69) is 32.2 Å². The predicted molar refractivity (Wildman–Crippen MR) is 128 cm³/mol. The number of aryl methyl sites for hydroxylation is 1. The first-order valence-corrected chi connectivity index (χ1v) is 11.9. The van der Waals surface area contributed by atoms with Crippen molar-refractivity contribution in [1.82, 2.24) is 20.0 Å². The van der Waals surface area contributed by atoms with Crippen molar-refractivity contribution in [2.45, 2.75) is 32.6 Å². The quantitative estimate of drug-likeness (QED) is 0.355. The molecule has 2 heterocycles. The summed E-state index contributed by atoms with van der Waals surface area (Å²) in [4.78, 5) is 23.4. The van der Waals surface area contributed by atoms with Crippen molar-refractivity contribution in [3.8, 4) is 11.5 Å². The first-order chi connectivity index (χ1) is 15.6. The van der Waals surface area contributed by atoms with E-state index in [-0.39, 0.29) is 5.91 Å². The Morgan fingerprint density at radius 3 is 2.47 bits per heavy atom. The van der Waals surface area contributed by atoms with E-state index in [9.17, 15) is 4.79 Å². The normalized spacial score (nSPS) is 17.5. The molecule has 1 amide bonds. The topological polar surface area (TPSA) is 69.6 Å². The Hall–Kier alpha value is -2.48. The number of carbonyl (C=O) groups is 1. The van der Waals surface area contributed by atoms with Crippen LogP contribution in [0.2, 0.25) is 0 Å². The molecule has 0 aromatic heterocycles. The van der Waals surface area contributed by atoms with Gasteiger partial charge in [-0.15, -0.1) is 0 Å². The number of likely N-dealkylation sites (tertiary alicyclic amines) is 1. The van der Waals surface area contributed by atoms with E-state index in [1.54, 1.807) is 7.11 Å². The van der Waals surface area contributed by atoms with Gasteiger partial charge in [0.15, 0.2) is 17.5 Å². The van der Waals surface area contributed by atoms with Gasteiger partial charge >= 0.3 is 0 Å². The number of rotatable bonds is 9. The number of piperazine rings is 1. The minimum atomic E-state index is 0.282. The van der Waals surface area contributed by atoms with E-state index in [4.69, 9.17) is 9.47 Å². The number of hydrogen-bond acceptors (Lipinski definition) is 5. The van der Waals surface area contributed by atoms with Gasteiger partial charge in [0.2, 0.25) is 5.91 Å². The average Bonchev–Trinajstić information content (AvgIpc) is 3.36. The van der Waals surface area contributed by atoms with Crippen molar-refractivity contribution in [2.24, 2.45) is 4.99 Å². The van der Waals surface area contributed by atoms with Crippen LogP contribution >= 0.6 is 0 Å². The van der Waals surface area contributed by atoms with E-state index >= 15 is 0 Å². The summed E-state index contributed by atoms with van der Waals surface area (Å²) in [6.07, 6.45) is 4.25. The van der Waals surface area contributed by atoms with E-state index in [0.29, 0.717) is 13.2 Å². The molecule has 8 heteroatoms. The molecule has 32 heavy (non-hydrogen) atoms. The van der Waals surface area contributed by atoms with Gasteiger partial charge in [-0.1, -0.05) is 6.07 Å². The molecule has 2 aliphatic rings. The van der Waals surface area contributed by atoms with E-state index in [1.165, 1.54) is 5.56 Å². The van der Waals surface area contributed by atoms with Crippen LogP contribution in [0.15, 0.2) is 23.2 Å². The molecule has 1 aromatic carbocycles. The molecule has 2 fully saturated rings. The Bertz CT molecular complexity index is 756. The molecular formula is C24H39N5O3. The summed E-state index contributed by atoms with van der Waals surface area (Å²) in [5, 5.41) is 3.50. The van der Waals surface area contributed by atoms with Crippen LogP contribution in [-0.2, 0) is 11.2 Å². The lowest BCUT2D eigenvalue weighted by atomic mass is 10.1. The Morgan fingerprint density at radius 1 is 1.06 bits per heavy atom. The SMILES string of the molecule is CCOc1cc(CCCNC(=NC)N2CCN(CC(=O)N3CCCC3)CC2)ccc1OC. The third kappa shape index (κ3) is 6.76. The molecule has 0 radical (unpaired) electrons. The predicted octanol–water partition coefficient (Wildman–Crippen LogP) is 1.84. The van der Waals surface area contributed by atoms with Gasteiger partial charge < -0.3 is 24.6 Å². The van der Waals surface area contributed by atoms with E-state index < -0.39 is 0 Å². The highest BCUT2D eigenvalue weighted by Gasteiger charge is 2.24. The second-order valence-electron chi connectivity index (χ2n) is 8.35. The zero-order valence-electron chi connectivity index (χ0n) is 19.9. The van der Waals surface area contributed by atoms with Crippen LogP contribution in [0.25, 0.3) is 0 Å². The lowest BCUT2D eigenvalue weighted by molar-refractivity contribution is -0.131. The van der Waals surface area contributed by atoms with Crippen molar-refractivity contribution < 1.29 is 14.3 Å². The molecule has 3 rings (SSSR count). The summed E-state index contributed by atoms with van der Waals surface area (Å²) in [6, 6.07) is 6.14. The summed E-state index contributed by atoms with van der Waals surface area (Å²) in [7, 11) is 3.50. The summed E-state index contributed by atoms with van der Waals surface area (Å²) in [6.45, 7) is 9.44. The van der Waals surface area contributed by atoms with E-state index in [1.807, 2.05) is 24.9 Å². The second-order valence-corrected chi connectivity index (χ2v) is 8.35. The molecule has 178 valence electrons. The molecule has 0 bridgehead atoms. The highest BCUT2D eigenvalue weighted by Crippen LogP contribution is 2.28. The summed E-state index contributed by atoms with van der Waals surface area (Å²) >= 11 is 0. The fraction of sp³-hybridized carbons (Fsp3) is 0.667. The van der Waals surface area contributed by atoms with Crippen molar-refractivity contribution in [1.29, 1.82) is 0 Å². The molecule has 0 unspecified atom stereocenters. The molecule has 2 aliphatic heterocycles. The Labute approximate surface area is 192 Å². The monoisotopic (exact) mass is 445 g/mol. The number of aliphatic imine (C=N–C) groups is 1. The first-order valence-electron chi connectivity index (χ1n) is 11.9. The number of amides is 1. The van der Waals surface area contributed by atoms with Crippen molar-refractivity contribution in [2.75, 3.05) is 73.1 Å². The zero-order valence-corrected chi connectivity index (χ0v) is 19.9. The molecule has 1 aromatic rings. The number of ether oxygens (including phenoxy) is 2. The number of benzene rings is 1. The number of hydrogen-bond donors (Lipinski definition) is 1. The van der Waals surface area contributed by atoms with Gasteiger partial charge in [0.05, 0.1) is 20.3 Å². The maximum Gasteiger partial charge on any atom is 0.236 e. The number of methoxy groups -OCH3 is 1. The highest BCUT2D eigenvalue weighted by molar-refractivity contribution is 5.80. The van der Waals surface area contributed by atoms with Gasteiger partial charge in [-0.05, 0) is 50.3 Å². The standard InChI is InChI=1S/C24H39N5O3/c1-4-32-22-18-20(9-10-21(22)31-3)8-7-11-26-24(25-2)29-16-14-27(15-17-29)19-23(30)28-12-5-6-13-28/h9-10,18H,4-8,11-17,19H2,1-3H3,(H,25,26). The van der Waals surface area contributed by atoms with Crippen LogP contribution in [0.4, 0.5) is 0 Å². The van der Waals surface area contributed by atoms with Crippen molar-refractivity contribution in [3.63, 3.8) is 0 Å². The maximum atomic E-state index is 12.4. The van der Waals surface area contributed by atoms with Crippen LogP contribution in [-0.4, -0.2) is 99.7 Å². The smallest absolute Gasteiger partial charge is 0.236 e. The molecule has 0 atom stereocenters. The van der Waals surface area contributed by atoms with Gasteiger partial charge in [0.1, 0.15) is 0 Å². The Morgan fingerprint density at radius 2 is 1.81 bits per heavy atom. The van der Waals surface area contributed by atoms with Crippen LogP contribution in [0.5, 0.6) is 11.5 Å². The summed E-state index contributed by atoms with van der Waals surface area (Å²) in [5.41, 5.74) is 1.24. The fourth-order valence-electron chi connectivity index (χ4n) is 4.35. The lowest BCUT2D eigenvalue weighted by Gasteiger charge is -2.36. The number of nitrogens with zero attached hydrogens (tertiary/aromatic N) is 4. The molecule has 0 saturated carbocycles. The lowest BCUT2D eigenvalue weighted by Crippen LogP contribution is -2.54. The zero-order chi connectivity index (χ0) is 22.8. The maximum absolute atomic E-state index is 12.4. The third-order valence-corrected chi connectivity index (χ3v) is 6.15. The second kappa shape index (κ2) is 12.5. The third-order valence-electron chi connectivity index (χ3n) is 6.15. The number of carbonyl (C=O) groups excluding carboxylic acids is 1. The van der Waals surface area contributed by atoms with Crippen LogP contribution in [0.1, 0.15) is 31.7 Å². The van der Waals surface area contributed by atoms with Crippen molar-refractivity contribution >= 4 is 11.9 Å². The Balaban J connectivity index is 1.38. The van der Waals surface area contributed by atoms with Gasteiger partial charge in [-0.3, -0.25) is 14.7 Å². The van der Waals surface area contributed by atoms with Gasteiger partial charge in [0, 0.05) is 52.9 Å². The molecule has 1 N–H and O–H groups in total. The fourth-order valence-corrected chi connectivity index (χ4v) is 4.35. The largest absolute Gasteiger partial charge is 0.493 e. The average molecular weight is 446 g/mol. The minimum Gasteiger partial charge on any atom is -0.493 e. The van der Waals surface area contributed by atoms with Crippen LogP contribution in [0.3, 0.4) is 0 Å². The highest BCUT2D eigenvalue weighted by atomic mass is 16.5. The van der Waals surface area contributed by atoms with Crippen LogP contribution < -0.4 is 14.8 Å². The van der Waals surface area contributed by atoms with Gasteiger partial charge in [-0.25, -0.2) is 0 Å². The van der Waals surface area contributed by atoms with Crippen molar-refractivity contribution in [3.05, 3.63) is 23.8 Å². The number of guanidine groups is 1. The van der Waals surface area contributed by atoms with Crippen LogP contribution in [0, 0.1) is 0 Å². The molecule has 2 saturated heterocycles.